The van der Waals surface area contributed by atoms with Crippen molar-refractivity contribution >= 4 is 11.9 Å². The molecule has 0 unspecified atom stereocenters. The molecule has 2 N–H and O–H groups in total. The number of aromatic nitrogens is 2. The van der Waals surface area contributed by atoms with Crippen LogP contribution in [0.1, 0.15) is 27.4 Å². The Labute approximate surface area is 121 Å². The van der Waals surface area contributed by atoms with Crippen molar-refractivity contribution in [2.24, 2.45) is 0 Å². The molecular formula is C15H15N3O3. The van der Waals surface area contributed by atoms with Gasteiger partial charge in [-0.25, -0.2) is 14.8 Å². The molecule has 0 spiro atoms. The van der Waals surface area contributed by atoms with Gasteiger partial charge in [-0.05, 0) is 24.6 Å². The van der Waals surface area contributed by atoms with E-state index in [0.717, 1.165) is 0 Å². The Balaban J connectivity index is 1.98. The van der Waals surface area contributed by atoms with Crippen molar-refractivity contribution in [3.05, 3.63) is 59.2 Å². The van der Waals surface area contributed by atoms with Gasteiger partial charge < -0.3 is 10.4 Å². The molecule has 0 radical (unpaired) electrons. The summed E-state index contributed by atoms with van der Waals surface area (Å²) in [4.78, 5) is 31.1. The summed E-state index contributed by atoms with van der Waals surface area (Å²) in [5.41, 5.74) is 1.34. The Bertz CT molecular complexity index is 671. The predicted octanol–water partition coefficient (Wildman–Crippen LogP) is 1.34. The van der Waals surface area contributed by atoms with E-state index in [2.05, 4.69) is 15.3 Å². The fourth-order valence-electron chi connectivity index (χ4n) is 1.91. The Morgan fingerprint density at radius 1 is 1.24 bits per heavy atom. The van der Waals surface area contributed by atoms with Gasteiger partial charge >= 0.3 is 5.97 Å². The number of rotatable bonds is 5. The molecule has 0 aliphatic rings. The normalized spacial score (nSPS) is 10.1. The van der Waals surface area contributed by atoms with Gasteiger partial charge in [-0.2, -0.15) is 0 Å². The largest absolute Gasteiger partial charge is 0.478 e. The smallest absolute Gasteiger partial charge is 0.335 e. The lowest BCUT2D eigenvalue weighted by Gasteiger charge is -2.07. The molecule has 0 aliphatic carbocycles. The maximum atomic E-state index is 11.9. The van der Waals surface area contributed by atoms with Crippen LogP contribution in [0.3, 0.4) is 0 Å². The number of amides is 1. The van der Waals surface area contributed by atoms with E-state index in [4.69, 9.17) is 5.11 Å². The zero-order valence-corrected chi connectivity index (χ0v) is 11.5. The molecule has 6 heteroatoms. The minimum absolute atomic E-state index is 0.0204. The number of aryl methyl sites for hydroxylation is 1. The first kappa shape index (κ1) is 14.6. The molecule has 108 valence electrons. The van der Waals surface area contributed by atoms with E-state index in [9.17, 15) is 9.59 Å². The number of nitrogens with zero attached hydrogens (tertiary/aromatic N) is 2. The molecule has 6 nitrogen and oxygen atoms in total. The second-order valence-corrected chi connectivity index (χ2v) is 4.51. The van der Waals surface area contributed by atoms with Crippen LogP contribution in [-0.4, -0.2) is 27.0 Å². The first-order valence-electron chi connectivity index (χ1n) is 6.42. The van der Waals surface area contributed by atoms with E-state index in [-0.39, 0.29) is 24.4 Å². The summed E-state index contributed by atoms with van der Waals surface area (Å²) >= 11 is 0. The Morgan fingerprint density at radius 3 is 2.71 bits per heavy atom. The minimum Gasteiger partial charge on any atom is -0.478 e. The van der Waals surface area contributed by atoms with Gasteiger partial charge in [-0.3, -0.25) is 4.79 Å². The number of hydrogen-bond donors (Lipinski definition) is 2. The first-order chi connectivity index (χ1) is 10.1. The molecule has 2 rings (SSSR count). The third kappa shape index (κ3) is 4.10. The fraction of sp³-hybridized carbons (Fsp3) is 0.200. The van der Waals surface area contributed by atoms with Crippen molar-refractivity contribution in [2.75, 3.05) is 0 Å². The van der Waals surface area contributed by atoms with Crippen molar-refractivity contribution in [1.82, 2.24) is 15.3 Å². The van der Waals surface area contributed by atoms with Gasteiger partial charge in [-0.15, -0.1) is 0 Å². The second-order valence-electron chi connectivity index (χ2n) is 4.51. The monoisotopic (exact) mass is 285 g/mol. The molecule has 21 heavy (non-hydrogen) atoms. The lowest BCUT2D eigenvalue weighted by Crippen LogP contribution is -2.25. The lowest BCUT2D eigenvalue weighted by atomic mass is 10.0. The van der Waals surface area contributed by atoms with Gasteiger partial charge in [0.25, 0.3) is 0 Å². The van der Waals surface area contributed by atoms with E-state index < -0.39 is 5.97 Å². The number of hydrogen-bond acceptors (Lipinski definition) is 4. The number of carbonyl (C=O) groups excluding carboxylic acids is 1. The first-order valence-corrected chi connectivity index (χ1v) is 6.42. The van der Waals surface area contributed by atoms with E-state index in [1.165, 1.54) is 6.07 Å². The van der Waals surface area contributed by atoms with Crippen LogP contribution < -0.4 is 5.32 Å². The Morgan fingerprint density at radius 2 is 2.00 bits per heavy atom. The number of carboxylic acids is 1. The van der Waals surface area contributed by atoms with E-state index in [1.807, 2.05) is 0 Å². The molecule has 0 saturated heterocycles. The van der Waals surface area contributed by atoms with Crippen LogP contribution in [0.2, 0.25) is 0 Å². The highest BCUT2D eigenvalue weighted by Crippen LogP contribution is 2.09. The van der Waals surface area contributed by atoms with Gasteiger partial charge in [0.1, 0.15) is 5.82 Å². The van der Waals surface area contributed by atoms with Crippen LogP contribution >= 0.6 is 0 Å². The second kappa shape index (κ2) is 6.60. The van der Waals surface area contributed by atoms with Crippen molar-refractivity contribution in [3.8, 4) is 0 Å². The molecule has 0 bridgehead atoms. The molecule has 1 aromatic carbocycles. The fourth-order valence-corrected chi connectivity index (χ4v) is 1.91. The molecule has 1 heterocycles. The summed E-state index contributed by atoms with van der Waals surface area (Å²) in [5.74, 6) is -0.650. The Kier molecular flexibility index (Phi) is 4.61. The standard InChI is InChI=1S/C15H15N3O3/c1-10-16-7-6-12(18-10)9-17-14(19)8-11-4-2-3-5-13(11)15(20)21/h2-7H,8-9H2,1H3,(H,17,19)(H,20,21). The van der Waals surface area contributed by atoms with Crippen LogP contribution in [0.15, 0.2) is 36.5 Å². The third-order valence-electron chi connectivity index (χ3n) is 2.90. The molecule has 1 amide bonds. The van der Waals surface area contributed by atoms with Gasteiger partial charge in [0.2, 0.25) is 5.91 Å². The molecular weight excluding hydrogens is 270 g/mol. The minimum atomic E-state index is -1.04. The summed E-state index contributed by atoms with van der Waals surface area (Å²) in [6, 6.07) is 8.19. The highest BCUT2D eigenvalue weighted by atomic mass is 16.4. The van der Waals surface area contributed by atoms with Gasteiger partial charge in [0.15, 0.2) is 0 Å². The van der Waals surface area contributed by atoms with Crippen LogP contribution in [0.4, 0.5) is 0 Å². The summed E-state index contributed by atoms with van der Waals surface area (Å²) in [7, 11) is 0. The average Bonchev–Trinajstić information content (AvgIpc) is 2.45. The predicted molar refractivity (Wildman–Crippen MR) is 75.7 cm³/mol. The van der Waals surface area contributed by atoms with Gasteiger partial charge in [-0.1, -0.05) is 18.2 Å². The van der Waals surface area contributed by atoms with Crippen LogP contribution in [0, 0.1) is 6.92 Å². The van der Waals surface area contributed by atoms with Crippen molar-refractivity contribution in [1.29, 1.82) is 0 Å². The van der Waals surface area contributed by atoms with Crippen LogP contribution in [0.5, 0.6) is 0 Å². The van der Waals surface area contributed by atoms with Crippen LogP contribution in [0.25, 0.3) is 0 Å². The Hall–Kier alpha value is -2.76. The molecule has 0 saturated carbocycles. The zero-order chi connectivity index (χ0) is 15.2. The number of benzene rings is 1. The van der Waals surface area contributed by atoms with Crippen molar-refractivity contribution < 1.29 is 14.7 Å². The van der Waals surface area contributed by atoms with E-state index in [0.29, 0.717) is 17.1 Å². The summed E-state index contributed by atoms with van der Waals surface area (Å²) in [5, 5.41) is 11.8. The number of nitrogens with one attached hydrogen (secondary N) is 1. The number of carbonyl (C=O) groups is 2. The quantitative estimate of drug-likeness (QED) is 0.865. The summed E-state index contributed by atoms with van der Waals surface area (Å²) in [6.45, 7) is 2.06. The topological polar surface area (TPSA) is 92.2 Å². The third-order valence-corrected chi connectivity index (χ3v) is 2.90. The van der Waals surface area contributed by atoms with Crippen LogP contribution in [-0.2, 0) is 17.8 Å². The van der Waals surface area contributed by atoms with Crippen molar-refractivity contribution in [3.63, 3.8) is 0 Å². The zero-order valence-electron chi connectivity index (χ0n) is 11.5. The number of aromatic carboxylic acids is 1. The maximum absolute atomic E-state index is 11.9. The maximum Gasteiger partial charge on any atom is 0.335 e. The summed E-state index contributed by atoms with van der Waals surface area (Å²) in [6.07, 6.45) is 1.65. The average molecular weight is 285 g/mol. The molecule has 2 aromatic rings. The van der Waals surface area contributed by atoms with Crippen molar-refractivity contribution in [2.45, 2.75) is 19.9 Å². The van der Waals surface area contributed by atoms with Gasteiger partial charge in [0, 0.05) is 6.20 Å². The van der Waals surface area contributed by atoms with Gasteiger partial charge in [0.05, 0.1) is 24.2 Å². The van der Waals surface area contributed by atoms with E-state index in [1.54, 1.807) is 37.4 Å². The highest BCUT2D eigenvalue weighted by molar-refractivity contribution is 5.91. The highest BCUT2D eigenvalue weighted by Gasteiger charge is 2.12. The SMILES string of the molecule is Cc1nccc(CNC(=O)Cc2ccccc2C(=O)O)n1. The molecule has 1 aromatic heterocycles. The number of carboxylic acid groups (broad SMARTS) is 1. The molecule has 0 fully saturated rings. The summed E-state index contributed by atoms with van der Waals surface area (Å²) < 4.78 is 0. The van der Waals surface area contributed by atoms with E-state index >= 15 is 0 Å². The molecule has 0 aliphatic heterocycles. The molecule has 0 atom stereocenters. The lowest BCUT2D eigenvalue weighted by molar-refractivity contribution is -0.120.